The Morgan fingerprint density at radius 1 is 1.06 bits per heavy atom. The lowest BCUT2D eigenvalue weighted by molar-refractivity contribution is -0.0322. The molecule has 2 unspecified atom stereocenters. The Labute approximate surface area is 106 Å². The summed E-state index contributed by atoms with van der Waals surface area (Å²) in [5.74, 6) is 1.50. The van der Waals surface area contributed by atoms with E-state index in [1.165, 1.54) is 25.9 Å². The molecule has 100 valence electrons. The first-order chi connectivity index (χ1) is 8.10. The van der Waals surface area contributed by atoms with E-state index in [0.29, 0.717) is 5.54 Å². The molecule has 17 heavy (non-hydrogen) atoms. The molecule has 0 aliphatic carbocycles. The maximum atomic E-state index is 5.53. The molecule has 0 amide bonds. The topological polar surface area (TPSA) is 24.5 Å². The van der Waals surface area contributed by atoms with Crippen LogP contribution in [0.3, 0.4) is 0 Å². The molecule has 0 spiro atoms. The lowest BCUT2D eigenvalue weighted by Crippen LogP contribution is -2.55. The minimum Gasteiger partial charge on any atom is -0.381 e. The Morgan fingerprint density at radius 3 is 2.12 bits per heavy atom. The molecule has 0 aromatic carbocycles. The normalized spacial score (nSPS) is 36.2. The first kappa shape index (κ1) is 13.3. The lowest BCUT2D eigenvalue weighted by Gasteiger charge is -2.47. The lowest BCUT2D eigenvalue weighted by atomic mass is 9.88. The first-order valence-electron chi connectivity index (χ1n) is 7.14. The van der Waals surface area contributed by atoms with Gasteiger partial charge in [-0.05, 0) is 44.7 Å². The summed E-state index contributed by atoms with van der Waals surface area (Å²) >= 11 is 0. The first-order valence-corrected chi connectivity index (χ1v) is 7.14. The van der Waals surface area contributed by atoms with Crippen LogP contribution in [0.15, 0.2) is 0 Å². The van der Waals surface area contributed by atoms with Crippen molar-refractivity contribution in [2.24, 2.45) is 11.8 Å². The molecule has 2 aliphatic rings. The van der Waals surface area contributed by atoms with E-state index in [2.05, 4.69) is 31.0 Å². The summed E-state index contributed by atoms with van der Waals surface area (Å²) in [5, 5.41) is 3.57. The third-order valence-electron chi connectivity index (χ3n) is 4.38. The predicted octanol–water partition coefficient (Wildman–Crippen LogP) is 1.73. The third kappa shape index (κ3) is 3.43. The Morgan fingerprint density at radius 2 is 1.59 bits per heavy atom. The predicted molar refractivity (Wildman–Crippen MR) is 71.2 cm³/mol. The number of nitrogens with one attached hydrogen (secondary N) is 1. The highest BCUT2D eigenvalue weighted by Crippen LogP contribution is 2.29. The molecule has 2 fully saturated rings. The number of ether oxygens (including phenoxy) is 1. The van der Waals surface area contributed by atoms with Crippen molar-refractivity contribution in [1.29, 1.82) is 0 Å². The highest BCUT2D eigenvalue weighted by molar-refractivity contribution is 4.90. The van der Waals surface area contributed by atoms with Gasteiger partial charge in [0.05, 0.1) is 0 Å². The van der Waals surface area contributed by atoms with Gasteiger partial charge in [0.1, 0.15) is 0 Å². The molecule has 2 heterocycles. The van der Waals surface area contributed by atoms with Crippen molar-refractivity contribution in [2.75, 3.05) is 39.4 Å². The summed E-state index contributed by atoms with van der Waals surface area (Å²) in [5.41, 5.74) is 0.373. The van der Waals surface area contributed by atoms with Gasteiger partial charge in [-0.3, -0.25) is 4.90 Å². The zero-order valence-electron chi connectivity index (χ0n) is 11.7. The number of nitrogens with zero attached hydrogens (tertiary/aromatic N) is 1. The second kappa shape index (κ2) is 5.68. The summed E-state index contributed by atoms with van der Waals surface area (Å²) in [7, 11) is 0. The largest absolute Gasteiger partial charge is 0.381 e. The Kier molecular flexibility index (Phi) is 4.45. The van der Waals surface area contributed by atoms with E-state index in [-0.39, 0.29) is 0 Å². The van der Waals surface area contributed by atoms with Crippen LogP contribution in [0.1, 0.15) is 33.6 Å². The molecule has 2 atom stereocenters. The van der Waals surface area contributed by atoms with Gasteiger partial charge < -0.3 is 10.1 Å². The van der Waals surface area contributed by atoms with Crippen molar-refractivity contribution < 1.29 is 4.74 Å². The second-order valence-corrected chi connectivity index (χ2v) is 6.38. The highest BCUT2D eigenvalue weighted by Gasteiger charge is 2.35. The Balaban J connectivity index is 2.03. The van der Waals surface area contributed by atoms with Crippen LogP contribution >= 0.6 is 0 Å². The maximum Gasteiger partial charge on any atom is 0.0483 e. The van der Waals surface area contributed by atoms with E-state index in [9.17, 15) is 0 Å². The van der Waals surface area contributed by atoms with Crippen LogP contribution in [0.5, 0.6) is 0 Å². The van der Waals surface area contributed by atoms with Crippen molar-refractivity contribution in [3.05, 3.63) is 0 Å². The molecule has 3 heteroatoms. The minimum atomic E-state index is 0.373. The molecule has 2 rings (SSSR count). The molecule has 0 radical (unpaired) electrons. The van der Waals surface area contributed by atoms with Gasteiger partial charge in [0.2, 0.25) is 0 Å². The van der Waals surface area contributed by atoms with Gasteiger partial charge in [-0.15, -0.1) is 0 Å². The summed E-state index contributed by atoms with van der Waals surface area (Å²) in [6.07, 6.45) is 2.39. The summed E-state index contributed by atoms with van der Waals surface area (Å²) in [6.45, 7) is 13.8. The van der Waals surface area contributed by atoms with Crippen molar-refractivity contribution in [3.63, 3.8) is 0 Å². The number of hydrogen-bond donors (Lipinski definition) is 1. The number of rotatable bonds is 1. The van der Waals surface area contributed by atoms with Gasteiger partial charge in [-0.25, -0.2) is 0 Å². The van der Waals surface area contributed by atoms with Crippen molar-refractivity contribution in [1.82, 2.24) is 10.2 Å². The van der Waals surface area contributed by atoms with Crippen LogP contribution in [0.2, 0.25) is 0 Å². The molecule has 0 saturated carbocycles. The molecule has 0 bridgehead atoms. The molecule has 2 saturated heterocycles. The molecule has 1 N–H and O–H groups in total. The van der Waals surface area contributed by atoms with Crippen molar-refractivity contribution >= 4 is 0 Å². The maximum absolute atomic E-state index is 5.53. The average Bonchev–Trinajstić information content (AvgIpc) is 2.27. The fraction of sp³-hybridized carbons (Fsp3) is 1.00. The molecular weight excluding hydrogens is 212 g/mol. The molecule has 0 aromatic rings. The fourth-order valence-electron chi connectivity index (χ4n) is 3.10. The minimum absolute atomic E-state index is 0.373. The summed E-state index contributed by atoms with van der Waals surface area (Å²) in [6, 6.07) is 0. The summed E-state index contributed by atoms with van der Waals surface area (Å²) < 4.78 is 5.53. The van der Waals surface area contributed by atoms with Crippen LogP contribution in [-0.4, -0.2) is 49.8 Å². The summed E-state index contributed by atoms with van der Waals surface area (Å²) in [4.78, 5) is 2.74. The van der Waals surface area contributed by atoms with Crippen molar-refractivity contribution in [2.45, 2.75) is 39.2 Å². The van der Waals surface area contributed by atoms with Crippen molar-refractivity contribution in [3.8, 4) is 0 Å². The van der Waals surface area contributed by atoms with Crippen LogP contribution in [-0.2, 0) is 4.74 Å². The van der Waals surface area contributed by atoms with E-state index in [1.54, 1.807) is 0 Å². The zero-order valence-corrected chi connectivity index (χ0v) is 11.7. The van der Waals surface area contributed by atoms with Gasteiger partial charge in [0, 0.05) is 31.8 Å². The van der Waals surface area contributed by atoms with Gasteiger partial charge in [0.25, 0.3) is 0 Å². The SMILES string of the molecule is CC1CNCC(C)CN(C2(C)CCOCC2)C1. The zero-order chi connectivity index (χ0) is 12.3. The highest BCUT2D eigenvalue weighted by atomic mass is 16.5. The second-order valence-electron chi connectivity index (χ2n) is 6.38. The van der Waals surface area contributed by atoms with E-state index in [4.69, 9.17) is 4.74 Å². The van der Waals surface area contributed by atoms with Crippen LogP contribution < -0.4 is 5.32 Å². The van der Waals surface area contributed by atoms with Gasteiger partial charge >= 0.3 is 0 Å². The molecule has 2 aliphatic heterocycles. The third-order valence-corrected chi connectivity index (χ3v) is 4.38. The van der Waals surface area contributed by atoms with E-state index < -0.39 is 0 Å². The van der Waals surface area contributed by atoms with Gasteiger partial charge in [-0.2, -0.15) is 0 Å². The Hall–Kier alpha value is -0.120. The average molecular weight is 240 g/mol. The quantitative estimate of drug-likeness (QED) is 0.755. The monoisotopic (exact) mass is 240 g/mol. The van der Waals surface area contributed by atoms with E-state index >= 15 is 0 Å². The van der Waals surface area contributed by atoms with E-state index in [1.807, 2.05) is 0 Å². The fourth-order valence-corrected chi connectivity index (χ4v) is 3.10. The molecular formula is C14H28N2O. The molecule has 3 nitrogen and oxygen atoms in total. The van der Waals surface area contributed by atoms with Crippen LogP contribution in [0.25, 0.3) is 0 Å². The smallest absolute Gasteiger partial charge is 0.0483 e. The van der Waals surface area contributed by atoms with Crippen LogP contribution in [0.4, 0.5) is 0 Å². The standard InChI is InChI=1S/C14H28N2O/c1-12-8-15-9-13(2)11-16(10-12)14(3)4-6-17-7-5-14/h12-13,15H,4-11H2,1-3H3. The molecule has 0 aromatic heterocycles. The van der Waals surface area contributed by atoms with Crippen LogP contribution in [0, 0.1) is 11.8 Å². The van der Waals surface area contributed by atoms with E-state index in [0.717, 1.165) is 38.1 Å². The van der Waals surface area contributed by atoms with Gasteiger partial charge in [-0.1, -0.05) is 13.8 Å². The number of hydrogen-bond acceptors (Lipinski definition) is 3. The Bertz CT molecular complexity index is 226. The van der Waals surface area contributed by atoms with Gasteiger partial charge in [0.15, 0.2) is 0 Å².